The van der Waals surface area contributed by atoms with Crippen molar-refractivity contribution in [3.8, 4) is 0 Å². The van der Waals surface area contributed by atoms with Gasteiger partial charge in [0.05, 0.1) is 16.4 Å². The minimum absolute atomic E-state index is 0.617. The molecule has 3 heteroatoms. The molecule has 17 heavy (non-hydrogen) atoms. The Hall–Kier alpha value is -1.67. The number of hydrogen-bond donors (Lipinski definition) is 1. The SMILES string of the molecule is Nc1c(Cl)cccc1N1CCc2ccccc21. The van der Waals surface area contributed by atoms with E-state index in [9.17, 15) is 0 Å². The molecule has 2 nitrogen and oxygen atoms in total. The number of rotatable bonds is 1. The molecular weight excluding hydrogens is 232 g/mol. The summed E-state index contributed by atoms with van der Waals surface area (Å²) in [5.41, 5.74) is 10.3. The van der Waals surface area contributed by atoms with Gasteiger partial charge in [0.1, 0.15) is 0 Å². The third-order valence-corrected chi connectivity index (χ3v) is 3.54. The molecule has 0 aliphatic carbocycles. The van der Waals surface area contributed by atoms with Crippen LogP contribution in [-0.2, 0) is 6.42 Å². The zero-order valence-electron chi connectivity index (χ0n) is 9.36. The Bertz CT molecular complexity index is 566. The zero-order chi connectivity index (χ0) is 11.8. The average molecular weight is 245 g/mol. The summed E-state index contributed by atoms with van der Waals surface area (Å²) in [4.78, 5) is 2.23. The third-order valence-electron chi connectivity index (χ3n) is 3.21. The van der Waals surface area contributed by atoms with Gasteiger partial charge in [-0.15, -0.1) is 0 Å². The van der Waals surface area contributed by atoms with Crippen molar-refractivity contribution in [1.29, 1.82) is 0 Å². The summed E-state index contributed by atoms with van der Waals surface area (Å²) in [6, 6.07) is 14.2. The molecule has 2 N–H and O–H groups in total. The molecule has 0 saturated carbocycles. The summed E-state index contributed by atoms with van der Waals surface area (Å²) in [6.07, 6.45) is 1.06. The fourth-order valence-electron chi connectivity index (χ4n) is 2.35. The molecule has 0 saturated heterocycles. The van der Waals surface area contributed by atoms with E-state index >= 15 is 0 Å². The van der Waals surface area contributed by atoms with Crippen molar-refractivity contribution in [2.45, 2.75) is 6.42 Å². The van der Waals surface area contributed by atoms with Crippen molar-refractivity contribution in [1.82, 2.24) is 0 Å². The molecule has 2 aromatic carbocycles. The van der Waals surface area contributed by atoms with E-state index in [-0.39, 0.29) is 0 Å². The van der Waals surface area contributed by atoms with E-state index < -0.39 is 0 Å². The van der Waals surface area contributed by atoms with Crippen molar-refractivity contribution in [2.24, 2.45) is 0 Å². The number of nitrogens with zero attached hydrogens (tertiary/aromatic N) is 1. The van der Waals surface area contributed by atoms with Crippen LogP contribution in [-0.4, -0.2) is 6.54 Å². The van der Waals surface area contributed by atoms with Crippen molar-refractivity contribution >= 4 is 28.7 Å². The normalized spacial score (nSPS) is 13.8. The van der Waals surface area contributed by atoms with Crippen LogP contribution in [0.3, 0.4) is 0 Å². The lowest BCUT2D eigenvalue weighted by atomic mass is 10.2. The van der Waals surface area contributed by atoms with Gasteiger partial charge in [0.2, 0.25) is 0 Å². The Morgan fingerprint density at radius 1 is 1.00 bits per heavy atom. The number of para-hydroxylation sites is 2. The average Bonchev–Trinajstić information content (AvgIpc) is 2.77. The van der Waals surface area contributed by atoms with E-state index in [1.54, 1.807) is 0 Å². The van der Waals surface area contributed by atoms with Crippen LogP contribution in [0.1, 0.15) is 5.56 Å². The molecule has 0 aromatic heterocycles. The lowest BCUT2D eigenvalue weighted by molar-refractivity contribution is 1.000. The molecule has 0 atom stereocenters. The van der Waals surface area contributed by atoms with Gasteiger partial charge in [-0.2, -0.15) is 0 Å². The molecule has 0 unspecified atom stereocenters. The molecule has 0 radical (unpaired) electrons. The topological polar surface area (TPSA) is 29.3 Å². The zero-order valence-corrected chi connectivity index (χ0v) is 10.1. The Morgan fingerprint density at radius 2 is 1.76 bits per heavy atom. The number of nitrogens with two attached hydrogens (primary N) is 1. The first-order valence-corrected chi connectivity index (χ1v) is 6.04. The van der Waals surface area contributed by atoms with Crippen molar-refractivity contribution < 1.29 is 0 Å². The van der Waals surface area contributed by atoms with Gasteiger partial charge >= 0.3 is 0 Å². The molecule has 1 aliphatic heterocycles. The van der Waals surface area contributed by atoms with Gasteiger partial charge in [-0.3, -0.25) is 0 Å². The molecule has 3 rings (SSSR count). The predicted octanol–water partition coefficient (Wildman–Crippen LogP) is 3.62. The molecule has 2 aromatic rings. The summed E-state index contributed by atoms with van der Waals surface area (Å²) in [5.74, 6) is 0. The standard InChI is InChI=1S/C14H13ClN2/c15-11-5-3-7-13(14(11)16)17-9-8-10-4-1-2-6-12(10)17/h1-7H,8-9,16H2. The Balaban J connectivity index is 2.10. The second kappa shape index (κ2) is 3.97. The number of hydrogen-bond acceptors (Lipinski definition) is 2. The first kappa shape index (κ1) is 10.5. The third kappa shape index (κ3) is 1.65. The fourth-order valence-corrected chi connectivity index (χ4v) is 2.52. The Kier molecular flexibility index (Phi) is 2.45. The van der Waals surface area contributed by atoms with E-state index in [0.717, 1.165) is 18.7 Å². The van der Waals surface area contributed by atoms with E-state index in [0.29, 0.717) is 10.7 Å². The highest BCUT2D eigenvalue weighted by Crippen LogP contribution is 2.39. The lowest BCUT2D eigenvalue weighted by Crippen LogP contribution is -2.15. The van der Waals surface area contributed by atoms with Gasteiger partial charge < -0.3 is 10.6 Å². The maximum atomic E-state index is 6.07. The maximum absolute atomic E-state index is 6.07. The maximum Gasteiger partial charge on any atom is 0.0744 e. The number of fused-ring (bicyclic) bond motifs is 1. The van der Waals surface area contributed by atoms with Crippen LogP contribution in [0.4, 0.5) is 17.1 Å². The van der Waals surface area contributed by atoms with Crippen LogP contribution in [0.25, 0.3) is 0 Å². The Morgan fingerprint density at radius 3 is 2.65 bits per heavy atom. The minimum atomic E-state index is 0.617. The van der Waals surface area contributed by atoms with Crippen LogP contribution in [0.15, 0.2) is 42.5 Å². The second-order valence-corrected chi connectivity index (χ2v) is 4.61. The van der Waals surface area contributed by atoms with Crippen LogP contribution < -0.4 is 10.6 Å². The first-order chi connectivity index (χ1) is 8.27. The van der Waals surface area contributed by atoms with E-state index in [1.165, 1.54) is 11.3 Å². The summed E-state index contributed by atoms with van der Waals surface area (Å²) >= 11 is 6.07. The molecule has 0 fully saturated rings. The van der Waals surface area contributed by atoms with Gasteiger partial charge in [-0.05, 0) is 30.2 Å². The van der Waals surface area contributed by atoms with Crippen molar-refractivity contribution in [3.63, 3.8) is 0 Å². The Labute approximate surface area is 106 Å². The second-order valence-electron chi connectivity index (χ2n) is 4.20. The number of anilines is 3. The van der Waals surface area contributed by atoms with Crippen LogP contribution in [0, 0.1) is 0 Å². The summed E-state index contributed by atoms with van der Waals surface area (Å²) in [5, 5.41) is 0.617. The molecule has 86 valence electrons. The minimum Gasteiger partial charge on any atom is -0.396 e. The van der Waals surface area contributed by atoms with Gasteiger partial charge in [-0.1, -0.05) is 35.9 Å². The fraction of sp³-hybridized carbons (Fsp3) is 0.143. The molecule has 0 bridgehead atoms. The number of halogens is 1. The van der Waals surface area contributed by atoms with E-state index in [1.807, 2.05) is 18.2 Å². The number of benzene rings is 2. The van der Waals surface area contributed by atoms with Gasteiger partial charge in [0, 0.05) is 12.2 Å². The van der Waals surface area contributed by atoms with Crippen molar-refractivity contribution in [3.05, 3.63) is 53.1 Å². The summed E-state index contributed by atoms with van der Waals surface area (Å²) < 4.78 is 0. The van der Waals surface area contributed by atoms with E-state index in [2.05, 4.69) is 29.2 Å². The molecule has 1 heterocycles. The van der Waals surface area contributed by atoms with Crippen LogP contribution in [0.2, 0.25) is 5.02 Å². The first-order valence-electron chi connectivity index (χ1n) is 5.67. The highest BCUT2D eigenvalue weighted by molar-refractivity contribution is 6.33. The highest BCUT2D eigenvalue weighted by Gasteiger charge is 2.21. The van der Waals surface area contributed by atoms with Gasteiger partial charge in [0.25, 0.3) is 0 Å². The van der Waals surface area contributed by atoms with Gasteiger partial charge in [0.15, 0.2) is 0 Å². The quantitative estimate of drug-likeness (QED) is 0.777. The van der Waals surface area contributed by atoms with Gasteiger partial charge in [-0.25, -0.2) is 0 Å². The molecule has 0 amide bonds. The van der Waals surface area contributed by atoms with Crippen LogP contribution in [0.5, 0.6) is 0 Å². The van der Waals surface area contributed by atoms with Crippen LogP contribution >= 0.6 is 11.6 Å². The largest absolute Gasteiger partial charge is 0.396 e. The summed E-state index contributed by atoms with van der Waals surface area (Å²) in [6.45, 7) is 0.962. The predicted molar refractivity (Wildman–Crippen MR) is 73.0 cm³/mol. The smallest absolute Gasteiger partial charge is 0.0744 e. The summed E-state index contributed by atoms with van der Waals surface area (Å²) in [7, 11) is 0. The molecule has 0 spiro atoms. The number of nitrogen functional groups attached to an aromatic ring is 1. The highest BCUT2D eigenvalue weighted by atomic mass is 35.5. The lowest BCUT2D eigenvalue weighted by Gasteiger charge is -2.21. The molecular formula is C14H13ClN2. The monoisotopic (exact) mass is 244 g/mol. The molecule has 1 aliphatic rings. The van der Waals surface area contributed by atoms with Crippen molar-refractivity contribution in [2.75, 3.05) is 17.2 Å². The van der Waals surface area contributed by atoms with E-state index in [4.69, 9.17) is 17.3 Å².